The van der Waals surface area contributed by atoms with Gasteiger partial charge in [0.2, 0.25) is 0 Å². The molecule has 3 rings (SSSR count). The molecule has 1 saturated heterocycles. The summed E-state index contributed by atoms with van der Waals surface area (Å²) in [5, 5.41) is 3.78. The fourth-order valence-corrected chi connectivity index (χ4v) is 4.15. The Morgan fingerprint density at radius 3 is 2.44 bits per heavy atom. The van der Waals surface area contributed by atoms with E-state index in [2.05, 4.69) is 15.1 Å². The van der Waals surface area contributed by atoms with Crippen LogP contribution in [0.25, 0.3) is 0 Å². The summed E-state index contributed by atoms with van der Waals surface area (Å²) >= 11 is 12.5. The number of hydrogen-bond acceptors (Lipinski definition) is 5. The minimum absolute atomic E-state index is 0.0983. The average Bonchev–Trinajstić information content (AvgIpc) is 2.80. The Hall–Kier alpha value is -2.28. The summed E-state index contributed by atoms with van der Waals surface area (Å²) in [7, 11) is 1.56. The van der Waals surface area contributed by atoms with Crippen LogP contribution < -0.4 is 15.0 Å². The van der Waals surface area contributed by atoms with Gasteiger partial charge in [0.1, 0.15) is 5.75 Å². The summed E-state index contributed by atoms with van der Waals surface area (Å²) < 4.78 is 5.83. The quantitative estimate of drug-likeness (QED) is 0.424. The molecule has 0 atom stereocenters. The van der Waals surface area contributed by atoms with E-state index in [0.29, 0.717) is 33.5 Å². The molecule has 2 aromatic rings. The zero-order valence-electron chi connectivity index (χ0n) is 18.5. The number of hydrogen-bond donors (Lipinski definition) is 1. The highest BCUT2D eigenvalue weighted by Gasteiger charge is 2.19. The van der Waals surface area contributed by atoms with Crippen LogP contribution in [-0.4, -0.2) is 63.0 Å². The third kappa shape index (κ3) is 6.37. The van der Waals surface area contributed by atoms with Crippen LogP contribution in [0, 0.1) is 0 Å². The number of anilines is 1. The van der Waals surface area contributed by atoms with Crippen LogP contribution in [0.4, 0.5) is 5.69 Å². The highest BCUT2D eigenvalue weighted by Crippen LogP contribution is 2.32. The first-order valence-corrected chi connectivity index (χ1v) is 11.6. The SMILES string of the molecule is CNC(=O)c1cc(OCCCCN2CCN(c3cccc(Cl)c3Cl)CC2)cc(C(C)=O)c1. The predicted octanol–water partition coefficient (Wildman–Crippen LogP) is 4.54. The Bertz CT molecular complexity index is 960. The van der Waals surface area contributed by atoms with Crippen molar-refractivity contribution in [3.63, 3.8) is 0 Å². The number of nitrogens with one attached hydrogen (secondary N) is 1. The summed E-state index contributed by atoms with van der Waals surface area (Å²) in [4.78, 5) is 28.4. The first-order valence-electron chi connectivity index (χ1n) is 10.8. The van der Waals surface area contributed by atoms with Crippen molar-refractivity contribution in [2.75, 3.05) is 51.3 Å². The topological polar surface area (TPSA) is 61.9 Å². The second-order valence-electron chi connectivity index (χ2n) is 7.84. The molecule has 0 spiro atoms. The molecule has 2 aromatic carbocycles. The maximum Gasteiger partial charge on any atom is 0.251 e. The summed E-state index contributed by atoms with van der Waals surface area (Å²) in [5.41, 5.74) is 1.89. The number of Topliss-reactive ketones (excluding diaryl/α,β-unsaturated/α-hetero) is 1. The molecular weight excluding hydrogens is 449 g/mol. The molecule has 0 aliphatic carbocycles. The molecule has 0 radical (unpaired) electrons. The van der Waals surface area contributed by atoms with Gasteiger partial charge < -0.3 is 15.0 Å². The maximum atomic E-state index is 11.9. The van der Waals surface area contributed by atoms with Crippen molar-refractivity contribution in [3.8, 4) is 5.75 Å². The fraction of sp³-hybridized carbons (Fsp3) is 0.417. The first kappa shape index (κ1) is 24.4. The highest BCUT2D eigenvalue weighted by molar-refractivity contribution is 6.43. The fourth-order valence-electron chi connectivity index (χ4n) is 3.74. The van der Waals surface area contributed by atoms with Gasteiger partial charge in [-0.3, -0.25) is 14.5 Å². The monoisotopic (exact) mass is 477 g/mol. The van der Waals surface area contributed by atoms with Gasteiger partial charge in [-0.2, -0.15) is 0 Å². The lowest BCUT2D eigenvalue weighted by Gasteiger charge is -2.36. The number of nitrogens with zero attached hydrogens (tertiary/aromatic N) is 2. The molecule has 1 aliphatic rings. The smallest absolute Gasteiger partial charge is 0.251 e. The standard InChI is InChI=1S/C24H29Cl2N3O3/c1-17(30)18-14-19(24(31)27-2)16-20(15-18)32-13-4-3-8-28-9-11-29(12-10-28)22-7-5-6-21(25)23(22)26/h5-7,14-16H,3-4,8-13H2,1-2H3,(H,27,31). The van der Waals surface area contributed by atoms with E-state index in [1.165, 1.54) is 6.92 Å². The van der Waals surface area contributed by atoms with E-state index >= 15 is 0 Å². The third-order valence-corrected chi connectivity index (χ3v) is 6.39. The van der Waals surface area contributed by atoms with E-state index in [1.807, 2.05) is 12.1 Å². The second kappa shape index (κ2) is 11.5. The maximum absolute atomic E-state index is 11.9. The molecule has 1 aliphatic heterocycles. The van der Waals surface area contributed by atoms with Crippen molar-refractivity contribution >= 4 is 40.6 Å². The summed E-state index contributed by atoms with van der Waals surface area (Å²) in [5.74, 6) is 0.207. The van der Waals surface area contributed by atoms with Crippen LogP contribution in [0.15, 0.2) is 36.4 Å². The average molecular weight is 478 g/mol. The van der Waals surface area contributed by atoms with E-state index in [4.69, 9.17) is 27.9 Å². The minimum atomic E-state index is -0.240. The van der Waals surface area contributed by atoms with Crippen molar-refractivity contribution in [2.24, 2.45) is 0 Å². The van der Waals surface area contributed by atoms with E-state index in [9.17, 15) is 9.59 Å². The summed E-state index contributed by atoms with van der Waals surface area (Å²) in [6.07, 6.45) is 1.90. The van der Waals surface area contributed by atoms with Crippen molar-refractivity contribution in [2.45, 2.75) is 19.8 Å². The van der Waals surface area contributed by atoms with Crippen LogP contribution in [-0.2, 0) is 0 Å². The molecule has 1 amide bonds. The highest BCUT2D eigenvalue weighted by atomic mass is 35.5. The molecule has 8 heteroatoms. The summed E-state index contributed by atoms with van der Waals surface area (Å²) in [6, 6.07) is 10.7. The van der Waals surface area contributed by atoms with Gasteiger partial charge in [0.15, 0.2) is 5.78 Å². The van der Waals surface area contributed by atoms with E-state index < -0.39 is 0 Å². The van der Waals surface area contributed by atoms with Crippen molar-refractivity contribution in [1.82, 2.24) is 10.2 Å². The van der Waals surface area contributed by atoms with Gasteiger partial charge in [-0.05, 0) is 56.6 Å². The van der Waals surface area contributed by atoms with Crippen LogP contribution in [0.5, 0.6) is 5.75 Å². The predicted molar refractivity (Wildman–Crippen MR) is 130 cm³/mol. The summed E-state index contributed by atoms with van der Waals surface area (Å²) in [6.45, 7) is 6.78. The van der Waals surface area contributed by atoms with Crippen LogP contribution in [0.2, 0.25) is 10.0 Å². The van der Waals surface area contributed by atoms with Gasteiger partial charge >= 0.3 is 0 Å². The van der Waals surface area contributed by atoms with Gasteiger partial charge in [0, 0.05) is 44.4 Å². The van der Waals surface area contributed by atoms with Gasteiger partial charge in [-0.1, -0.05) is 29.3 Å². The Kier molecular flexibility index (Phi) is 8.79. The Morgan fingerprint density at radius 2 is 1.75 bits per heavy atom. The number of amides is 1. The van der Waals surface area contributed by atoms with Crippen LogP contribution >= 0.6 is 23.2 Å². The molecular formula is C24H29Cl2N3O3. The Morgan fingerprint density at radius 1 is 1.03 bits per heavy atom. The number of carbonyl (C=O) groups is 2. The van der Waals surface area contributed by atoms with Gasteiger partial charge in [-0.25, -0.2) is 0 Å². The van der Waals surface area contributed by atoms with Crippen molar-refractivity contribution in [3.05, 3.63) is 57.6 Å². The number of ether oxygens (including phenoxy) is 1. The minimum Gasteiger partial charge on any atom is -0.494 e. The first-order chi connectivity index (χ1) is 15.4. The van der Waals surface area contributed by atoms with E-state index in [-0.39, 0.29) is 11.7 Å². The number of benzene rings is 2. The normalized spacial score (nSPS) is 14.3. The Labute approximate surface area is 199 Å². The number of ketones is 1. The zero-order chi connectivity index (χ0) is 23.1. The lowest BCUT2D eigenvalue weighted by atomic mass is 10.1. The van der Waals surface area contributed by atoms with E-state index in [0.717, 1.165) is 51.3 Å². The molecule has 6 nitrogen and oxygen atoms in total. The number of piperazine rings is 1. The molecule has 0 aromatic heterocycles. The lowest BCUT2D eigenvalue weighted by Crippen LogP contribution is -2.46. The largest absolute Gasteiger partial charge is 0.494 e. The number of rotatable bonds is 9. The molecule has 1 heterocycles. The Balaban J connectivity index is 1.42. The zero-order valence-corrected chi connectivity index (χ0v) is 20.0. The third-order valence-electron chi connectivity index (χ3n) is 5.58. The molecule has 32 heavy (non-hydrogen) atoms. The van der Waals surface area contributed by atoms with Gasteiger partial charge in [-0.15, -0.1) is 0 Å². The van der Waals surface area contributed by atoms with Crippen molar-refractivity contribution in [1.29, 1.82) is 0 Å². The van der Waals surface area contributed by atoms with Crippen LogP contribution in [0.1, 0.15) is 40.5 Å². The van der Waals surface area contributed by atoms with Gasteiger partial charge in [0.05, 0.1) is 22.3 Å². The second-order valence-corrected chi connectivity index (χ2v) is 8.62. The molecule has 1 N–H and O–H groups in total. The molecule has 1 fully saturated rings. The van der Waals surface area contributed by atoms with Crippen LogP contribution in [0.3, 0.4) is 0 Å². The molecule has 0 bridgehead atoms. The van der Waals surface area contributed by atoms with Gasteiger partial charge in [0.25, 0.3) is 5.91 Å². The lowest BCUT2D eigenvalue weighted by molar-refractivity contribution is 0.0962. The molecule has 172 valence electrons. The number of carbonyl (C=O) groups excluding carboxylic acids is 2. The van der Waals surface area contributed by atoms with Crippen molar-refractivity contribution < 1.29 is 14.3 Å². The molecule has 0 unspecified atom stereocenters. The molecule has 0 saturated carbocycles. The number of unbranched alkanes of at least 4 members (excludes halogenated alkanes) is 1. The van der Waals surface area contributed by atoms with E-state index in [1.54, 1.807) is 31.3 Å². The number of halogens is 2.